The van der Waals surface area contributed by atoms with Gasteiger partial charge in [-0.05, 0) is 66.7 Å². The SMILES string of the molecule is CCCCCCCC=Cc1ccc(-c2ccc(C3CCC(F)CC3)cc2)cc1. The van der Waals surface area contributed by atoms with Crippen molar-refractivity contribution < 1.29 is 4.39 Å². The van der Waals surface area contributed by atoms with Gasteiger partial charge in [0.05, 0.1) is 0 Å². The lowest BCUT2D eigenvalue weighted by Gasteiger charge is -2.24. The monoisotopic (exact) mass is 378 g/mol. The van der Waals surface area contributed by atoms with Gasteiger partial charge in [-0.2, -0.15) is 0 Å². The predicted molar refractivity (Wildman–Crippen MR) is 120 cm³/mol. The summed E-state index contributed by atoms with van der Waals surface area (Å²) in [5, 5.41) is 0. The maximum Gasteiger partial charge on any atom is 0.100 e. The van der Waals surface area contributed by atoms with E-state index in [2.05, 4.69) is 67.6 Å². The van der Waals surface area contributed by atoms with Crippen LogP contribution in [0.1, 0.15) is 88.2 Å². The summed E-state index contributed by atoms with van der Waals surface area (Å²) in [4.78, 5) is 0. The Morgan fingerprint density at radius 2 is 1.39 bits per heavy atom. The molecular formula is C27H35F. The molecule has 0 saturated heterocycles. The van der Waals surface area contributed by atoms with Gasteiger partial charge in [0.1, 0.15) is 6.17 Å². The second-order valence-corrected chi connectivity index (χ2v) is 8.30. The lowest BCUT2D eigenvalue weighted by Crippen LogP contribution is -2.13. The molecule has 0 aromatic heterocycles. The van der Waals surface area contributed by atoms with Crippen molar-refractivity contribution in [1.82, 2.24) is 0 Å². The molecule has 1 saturated carbocycles. The minimum atomic E-state index is -0.579. The van der Waals surface area contributed by atoms with E-state index < -0.39 is 6.17 Å². The zero-order valence-electron chi connectivity index (χ0n) is 17.4. The first-order valence-corrected chi connectivity index (χ1v) is 11.3. The van der Waals surface area contributed by atoms with Crippen molar-refractivity contribution in [3.63, 3.8) is 0 Å². The summed E-state index contributed by atoms with van der Waals surface area (Å²) < 4.78 is 13.3. The van der Waals surface area contributed by atoms with E-state index in [1.54, 1.807) is 0 Å². The summed E-state index contributed by atoms with van der Waals surface area (Å²) in [5.41, 5.74) is 5.16. The third-order valence-electron chi connectivity index (χ3n) is 6.07. The Morgan fingerprint density at radius 1 is 0.786 bits per heavy atom. The Balaban J connectivity index is 1.50. The first kappa shape index (κ1) is 20.8. The van der Waals surface area contributed by atoms with Crippen molar-refractivity contribution in [1.29, 1.82) is 0 Å². The molecule has 0 N–H and O–H groups in total. The molecule has 2 aromatic rings. The van der Waals surface area contributed by atoms with E-state index >= 15 is 0 Å². The molecule has 0 bridgehead atoms. The van der Waals surface area contributed by atoms with Crippen LogP contribution in [0.2, 0.25) is 0 Å². The van der Waals surface area contributed by atoms with Gasteiger partial charge in [0, 0.05) is 0 Å². The van der Waals surface area contributed by atoms with Gasteiger partial charge >= 0.3 is 0 Å². The molecule has 0 atom stereocenters. The van der Waals surface area contributed by atoms with Crippen LogP contribution in [0.15, 0.2) is 54.6 Å². The molecule has 0 radical (unpaired) electrons. The highest BCUT2D eigenvalue weighted by molar-refractivity contribution is 5.66. The minimum absolute atomic E-state index is 0.538. The fourth-order valence-corrected chi connectivity index (χ4v) is 4.21. The van der Waals surface area contributed by atoms with Crippen LogP contribution in [0.4, 0.5) is 4.39 Å². The molecule has 1 fully saturated rings. The Kier molecular flexibility index (Phi) is 8.33. The van der Waals surface area contributed by atoms with Crippen molar-refractivity contribution in [3.05, 3.63) is 65.7 Å². The van der Waals surface area contributed by atoms with Gasteiger partial charge in [-0.1, -0.05) is 93.3 Å². The normalized spacial score (nSPS) is 19.9. The van der Waals surface area contributed by atoms with Crippen molar-refractivity contribution in [2.45, 2.75) is 83.2 Å². The third-order valence-corrected chi connectivity index (χ3v) is 6.07. The molecule has 0 aliphatic heterocycles. The van der Waals surface area contributed by atoms with Gasteiger partial charge in [-0.15, -0.1) is 0 Å². The molecule has 2 aromatic carbocycles. The van der Waals surface area contributed by atoms with Crippen LogP contribution in [0.3, 0.4) is 0 Å². The van der Waals surface area contributed by atoms with E-state index in [0.717, 1.165) is 25.7 Å². The fraction of sp³-hybridized carbons (Fsp3) is 0.481. The largest absolute Gasteiger partial charge is 0.247 e. The Labute approximate surface area is 170 Å². The lowest BCUT2D eigenvalue weighted by molar-refractivity contribution is 0.235. The number of unbranched alkanes of at least 4 members (excludes halogenated alkanes) is 5. The summed E-state index contributed by atoms with van der Waals surface area (Å²) in [6, 6.07) is 17.8. The topological polar surface area (TPSA) is 0 Å². The molecule has 1 aliphatic rings. The number of rotatable bonds is 9. The lowest BCUT2D eigenvalue weighted by atomic mass is 9.83. The minimum Gasteiger partial charge on any atom is -0.247 e. The Morgan fingerprint density at radius 3 is 2.04 bits per heavy atom. The average Bonchev–Trinajstić information content (AvgIpc) is 2.74. The second-order valence-electron chi connectivity index (χ2n) is 8.30. The van der Waals surface area contributed by atoms with Crippen molar-refractivity contribution in [2.75, 3.05) is 0 Å². The van der Waals surface area contributed by atoms with Crippen LogP contribution < -0.4 is 0 Å². The molecule has 3 rings (SSSR count). The Bertz CT molecular complexity index is 703. The van der Waals surface area contributed by atoms with Gasteiger partial charge in [0.2, 0.25) is 0 Å². The van der Waals surface area contributed by atoms with Crippen LogP contribution in [0.25, 0.3) is 17.2 Å². The highest BCUT2D eigenvalue weighted by Crippen LogP contribution is 2.34. The number of alkyl halides is 1. The Hall–Kier alpha value is -1.89. The summed E-state index contributed by atoms with van der Waals surface area (Å²) in [6.45, 7) is 2.26. The summed E-state index contributed by atoms with van der Waals surface area (Å²) in [5.74, 6) is 0.538. The zero-order chi connectivity index (χ0) is 19.6. The van der Waals surface area contributed by atoms with Crippen LogP contribution in [0, 0.1) is 0 Å². The third kappa shape index (κ3) is 6.33. The van der Waals surface area contributed by atoms with E-state index in [-0.39, 0.29) is 0 Å². The molecule has 0 heterocycles. The maximum absolute atomic E-state index is 13.3. The molecule has 1 heteroatoms. The quantitative estimate of drug-likeness (QED) is 0.383. The van der Waals surface area contributed by atoms with Gasteiger partial charge in [0.25, 0.3) is 0 Å². The molecule has 0 nitrogen and oxygen atoms in total. The summed E-state index contributed by atoms with van der Waals surface area (Å²) in [7, 11) is 0. The number of hydrogen-bond donors (Lipinski definition) is 0. The molecule has 0 amide bonds. The van der Waals surface area contributed by atoms with Gasteiger partial charge < -0.3 is 0 Å². The molecule has 150 valence electrons. The summed E-state index contributed by atoms with van der Waals surface area (Å²) in [6.07, 6.45) is 15.3. The van der Waals surface area contributed by atoms with E-state index in [0.29, 0.717) is 5.92 Å². The predicted octanol–water partition coefficient (Wildman–Crippen LogP) is 8.72. The van der Waals surface area contributed by atoms with Gasteiger partial charge in [-0.3, -0.25) is 0 Å². The highest BCUT2D eigenvalue weighted by atomic mass is 19.1. The van der Waals surface area contributed by atoms with Crippen LogP contribution >= 0.6 is 0 Å². The molecule has 0 spiro atoms. The number of benzene rings is 2. The average molecular weight is 379 g/mol. The van der Waals surface area contributed by atoms with Gasteiger partial charge in [-0.25, -0.2) is 4.39 Å². The molecule has 0 unspecified atom stereocenters. The van der Waals surface area contributed by atoms with E-state index in [1.807, 2.05) is 0 Å². The van der Waals surface area contributed by atoms with E-state index in [4.69, 9.17) is 0 Å². The second kappa shape index (κ2) is 11.2. The van der Waals surface area contributed by atoms with E-state index in [1.165, 1.54) is 60.8 Å². The number of halogens is 1. The first-order valence-electron chi connectivity index (χ1n) is 11.3. The number of allylic oxidation sites excluding steroid dienone is 1. The number of hydrogen-bond acceptors (Lipinski definition) is 0. The van der Waals surface area contributed by atoms with Crippen LogP contribution in [-0.2, 0) is 0 Å². The van der Waals surface area contributed by atoms with E-state index in [9.17, 15) is 4.39 Å². The van der Waals surface area contributed by atoms with Crippen molar-refractivity contribution >= 4 is 6.08 Å². The van der Waals surface area contributed by atoms with Gasteiger partial charge in [0.15, 0.2) is 0 Å². The molecular weight excluding hydrogens is 343 g/mol. The maximum atomic E-state index is 13.3. The fourth-order valence-electron chi connectivity index (χ4n) is 4.21. The summed E-state index contributed by atoms with van der Waals surface area (Å²) >= 11 is 0. The molecule has 1 aliphatic carbocycles. The smallest absolute Gasteiger partial charge is 0.100 e. The highest BCUT2D eigenvalue weighted by Gasteiger charge is 2.21. The standard InChI is InChI=1S/C27H35F/c1-2-3-4-5-6-7-8-9-22-10-12-23(13-11-22)24-14-16-25(17-15-24)26-18-20-27(28)21-19-26/h8-17,26-27H,2-7,18-21H2,1H3. The first-order chi connectivity index (χ1) is 13.8. The van der Waals surface area contributed by atoms with Crippen LogP contribution in [-0.4, -0.2) is 6.17 Å². The zero-order valence-corrected chi connectivity index (χ0v) is 17.4. The van der Waals surface area contributed by atoms with Crippen LogP contribution in [0.5, 0.6) is 0 Å². The molecule has 28 heavy (non-hydrogen) atoms. The van der Waals surface area contributed by atoms with Crippen molar-refractivity contribution in [3.8, 4) is 11.1 Å². The van der Waals surface area contributed by atoms with Crippen molar-refractivity contribution in [2.24, 2.45) is 0 Å².